The molecule has 0 aliphatic carbocycles. The normalized spacial score (nSPS) is 25.8. The number of carbonyl (C=O) groups excluding carboxylic acids is 1. The average Bonchev–Trinajstić information content (AvgIpc) is 2.63. The Morgan fingerprint density at radius 2 is 2.31 bits per heavy atom. The fourth-order valence-electron chi connectivity index (χ4n) is 2.10. The Morgan fingerprint density at radius 3 is 2.94 bits per heavy atom. The third-order valence-electron chi connectivity index (χ3n) is 3.32. The van der Waals surface area contributed by atoms with Gasteiger partial charge < -0.3 is 4.90 Å². The second-order valence-corrected chi connectivity index (χ2v) is 5.69. The molecule has 0 aromatic carbocycles. The Morgan fingerprint density at radius 1 is 1.56 bits per heavy atom. The number of aldehydes is 1. The summed E-state index contributed by atoms with van der Waals surface area (Å²) in [6, 6.07) is 0.468. The number of aromatic nitrogens is 1. The molecule has 0 amide bonds. The fourth-order valence-corrected chi connectivity index (χ4v) is 3.28. The van der Waals surface area contributed by atoms with Crippen LogP contribution >= 0.6 is 22.9 Å². The zero-order valence-corrected chi connectivity index (χ0v) is 11.0. The molecule has 0 N–H and O–H groups in total. The topological polar surface area (TPSA) is 33.2 Å². The van der Waals surface area contributed by atoms with Crippen LogP contribution in [-0.4, -0.2) is 23.9 Å². The standard InChI is InChI=1S/C11H15ClN2OS/c1-7-4-3-5-14(8(7)2)11-13-10(12)9(6-15)16-11/h6-8H,3-5H2,1-2H3. The van der Waals surface area contributed by atoms with E-state index in [4.69, 9.17) is 11.6 Å². The Labute approximate surface area is 104 Å². The van der Waals surface area contributed by atoms with Crippen LogP contribution in [0.1, 0.15) is 36.4 Å². The van der Waals surface area contributed by atoms with Crippen LogP contribution in [0.2, 0.25) is 5.15 Å². The van der Waals surface area contributed by atoms with Crippen LogP contribution in [0.3, 0.4) is 0 Å². The van der Waals surface area contributed by atoms with Gasteiger partial charge in [0, 0.05) is 12.6 Å². The van der Waals surface area contributed by atoms with Gasteiger partial charge in [-0.3, -0.25) is 4.79 Å². The summed E-state index contributed by atoms with van der Waals surface area (Å²) in [5.74, 6) is 0.663. The molecule has 5 heteroatoms. The van der Waals surface area contributed by atoms with Crippen LogP contribution in [0.15, 0.2) is 0 Å². The highest BCUT2D eigenvalue weighted by molar-refractivity contribution is 7.17. The van der Waals surface area contributed by atoms with Crippen molar-refractivity contribution >= 4 is 34.4 Å². The van der Waals surface area contributed by atoms with Gasteiger partial charge in [-0.05, 0) is 25.7 Å². The molecule has 1 saturated heterocycles. The highest BCUT2D eigenvalue weighted by atomic mass is 35.5. The Kier molecular flexibility index (Phi) is 3.50. The van der Waals surface area contributed by atoms with Crippen molar-refractivity contribution in [3.63, 3.8) is 0 Å². The molecule has 1 aromatic heterocycles. The van der Waals surface area contributed by atoms with E-state index in [0.29, 0.717) is 22.0 Å². The molecule has 1 aliphatic heterocycles. The summed E-state index contributed by atoms with van der Waals surface area (Å²) in [5, 5.41) is 1.21. The quantitative estimate of drug-likeness (QED) is 0.764. The maximum Gasteiger partial charge on any atom is 0.187 e. The number of piperidine rings is 1. The van der Waals surface area contributed by atoms with E-state index in [1.54, 1.807) is 0 Å². The van der Waals surface area contributed by atoms with Gasteiger partial charge in [0.05, 0.1) is 0 Å². The average molecular weight is 259 g/mol. The molecule has 0 saturated carbocycles. The first-order valence-electron chi connectivity index (χ1n) is 5.51. The van der Waals surface area contributed by atoms with Crippen LogP contribution in [0.5, 0.6) is 0 Å². The minimum Gasteiger partial charge on any atom is -0.345 e. The van der Waals surface area contributed by atoms with Crippen LogP contribution in [0.4, 0.5) is 5.13 Å². The fraction of sp³-hybridized carbons (Fsp3) is 0.636. The first-order valence-corrected chi connectivity index (χ1v) is 6.71. The van der Waals surface area contributed by atoms with E-state index in [1.165, 1.54) is 24.2 Å². The molecule has 1 fully saturated rings. The Balaban J connectivity index is 2.25. The molecule has 2 heterocycles. The van der Waals surface area contributed by atoms with E-state index >= 15 is 0 Å². The van der Waals surface area contributed by atoms with Gasteiger partial charge in [0.1, 0.15) is 4.88 Å². The van der Waals surface area contributed by atoms with Crippen LogP contribution in [-0.2, 0) is 0 Å². The summed E-state index contributed by atoms with van der Waals surface area (Å²) >= 11 is 7.28. The number of nitrogens with zero attached hydrogens (tertiary/aromatic N) is 2. The lowest BCUT2D eigenvalue weighted by atomic mass is 9.93. The molecule has 2 atom stereocenters. The molecule has 2 rings (SSSR count). The van der Waals surface area contributed by atoms with Crippen molar-refractivity contribution in [3.05, 3.63) is 10.0 Å². The highest BCUT2D eigenvalue weighted by Gasteiger charge is 2.27. The minimum atomic E-state index is 0.334. The van der Waals surface area contributed by atoms with Gasteiger partial charge >= 0.3 is 0 Å². The van der Waals surface area contributed by atoms with Crippen molar-refractivity contribution in [2.24, 2.45) is 5.92 Å². The summed E-state index contributed by atoms with van der Waals surface area (Å²) < 4.78 is 0. The van der Waals surface area contributed by atoms with Crippen molar-refractivity contribution in [1.82, 2.24) is 4.98 Å². The number of anilines is 1. The molecule has 3 nitrogen and oxygen atoms in total. The van der Waals surface area contributed by atoms with Crippen molar-refractivity contribution in [2.45, 2.75) is 32.7 Å². The lowest BCUT2D eigenvalue weighted by Gasteiger charge is -2.37. The molecule has 88 valence electrons. The van der Waals surface area contributed by atoms with E-state index in [-0.39, 0.29) is 0 Å². The molecule has 1 aliphatic rings. The molecule has 0 spiro atoms. The van der Waals surface area contributed by atoms with Gasteiger partial charge in [-0.25, -0.2) is 4.98 Å². The smallest absolute Gasteiger partial charge is 0.187 e. The highest BCUT2D eigenvalue weighted by Crippen LogP contribution is 2.33. The number of carbonyl (C=O) groups is 1. The predicted molar refractivity (Wildman–Crippen MR) is 67.7 cm³/mol. The monoisotopic (exact) mass is 258 g/mol. The minimum absolute atomic E-state index is 0.334. The van der Waals surface area contributed by atoms with E-state index in [0.717, 1.165) is 18.0 Å². The van der Waals surface area contributed by atoms with E-state index < -0.39 is 0 Å². The van der Waals surface area contributed by atoms with Gasteiger partial charge in [0.25, 0.3) is 0 Å². The maximum absolute atomic E-state index is 10.7. The second kappa shape index (κ2) is 4.72. The zero-order valence-electron chi connectivity index (χ0n) is 9.44. The van der Waals surface area contributed by atoms with Crippen LogP contribution in [0, 0.1) is 5.92 Å². The summed E-state index contributed by atoms with van der Waals surface area (Å²) in [7, 11) is 0. The maximum atomic E-state index is 10.7. The SMILES string of the molecule is CC1CCCN(c2nc(Cl)c(C=O)s2)C1C. The van der Waals surface area contributed by atoms with Gasteiger partial charge in [0.15, 0.2) is 16.6 Å². The van der Waals surface area contributed by atoms with Crippen LogP contribution < -0.4 is 4.90 Å². The molecular formula is C11H15ClN2OS. The molecular weight excluding hydrogens is 244 g/mol. The van der Waals surface area contributed by atoms with Gasteiger partial charge in [-0.1, -0.05) is 29.9 Å². The van der Waals surface area contributed by atoms with E-state index in [9.17, 15) is 4.79 Å². The lowest BCUT2D eigenvalue weighted by Crippen LogP contribution is -2.42. The van der Waals surface area contributed by atoms with Gasteiger partial charge in [-0.15, -0.1) is 0 Å². The summed E-state index contributed by atoms with van der Waals surface area (Å²) in [6.07, 6.45) is 3.22. The number of rotatable bonds is 2. The number of hydrogen-bond acceptors (Lipinski definition) is 4. The first-order chi connectivity index (χ1) is 7.63. The molecule has 2 unspecified atom stereocenters. The van der Waals surface area contributed by atoms with Crippen molar-refractivity contribution in [2.75, 3.05) is 11.4 Å². The second-order valence-electron chi connectivity index (χ2n) is 4.32. The molecule has 1 aromatic rings. The predicted octanol–water partition coefficient (Wildman–Crippen LogP) is 3.23. The number of thiazole rings is 1. The Hall–Kier alpha value is -0.610. The number of halogens is 1. The van der Waals surface area contributed by atoms with Crippen LogP contribution in [0.25, 0.3) is 0 Å². The third-order valence-corrected chi connectivity index (χ3v) is 4.74. The van der Waals surface area contributed by atoms with Crippen molar-refractivity contribution in [1.29, 1.82) is 0 Å². The van der Waals surface area contributed by atoms with Gasteiger partial charge in [0.2, 0.25) is 0 Å². The Bertz CT molecular complexity index is 393. The third kappa shape index (κ3) is 2.09. The molecule has 16 heavy (non-hydrogen) atoms. The summed E-state index contributed by atoms with van der Waals surface area (Å²) in [6.45, 7) is 5.47. The lowest BCUT2D eigenvalue weighted by molar-refractivity contribution is 0.112. The molecule has 0 radical (unpaired) electrons. The summed E-state index contributed by atoms with van der Waals surface area (Å²) in [5.41, 5.74) is 0. The largest absolute Gasteiger partial charge is 0.345 e. The first kappa shape index (κ1) is 11.9. The van der Waals surface area contributed by atoms with Crippen molar-refractivity contribution in [3.8, 4) is 0 Å². The summed E-state index contributed by atoms with van der Waals surface area (Å²) in [4.78, 5) is 17.8. The number of hydrogen-bond donors (Lipinski definition) is 0. The van der Waals surface area contributed by atoms with E-state index in [2.05, 4.69) is 23.7 Å². The van der Waals surface area contributed by atoms with Gasteiger partial charge in [-0.2, -0.15) is 0 Å². The van der Waals surface area contributed by atoms with Crippen molar-refractivity contribution < 1.29 is 4.79 Å². The molecule has 0 bridgehead atoms. The van der Waals surface area contributed by atoms with E-state index in [1.807, 2.05) is 0 Å². The zero-order chi connectivity index (χ0) is 11.7.